The molecule has 138 valence electrons. The minimum absolute atomic E-state index is 0.103. The van der Waals surface area contributed by atoms with Crippen molar-refractivity contribution in [3.8, 4) is 5.75 Å². The zero-order valence-corrected chi connectivity index (χ0v) is 16.0. The van der Waals surface area contributed by atoms with Crippen LogP contribution in [0.2, 0.25) is 10.0 Å². The summed E-state index contributed by atoms with van der Waals surface area (Å²) in [6.07, 6.45) is 2.01. The lowest BCUT2D eigenvalue weighted by atomic mass is 9.95. The van der Waals surface area contributed by atoms with Crippen LogP contribution in [0.5, 0.6) is 5.75 Å². The van der Waals surface area contributed by atoms with E-state index >= 15 is 0 Å². The maximum absolute atomic E-state index is 12.9. The number of benzene rings is 1. The summed E-state index contributed by atoms with van der Waals surface area (Å²) in [7, 11) is 1.50. The molecule has 2 fully saturated rings. The Kier molecular flexibility index (Phi) is 6.44. The number of piperidine rings is 1. The molecule has 2 heterocycles. The van der Waals surface area contributed by atoms with Gasteiger partial charge in [-0.1, -0.05) is 23.2 Å². The second-order valence-electron chi connectivity index (χ2n) is 6.59. The van der Waals surface area contributed by atoms with E-state index in [1.807, 2.05) is 4.90 Å². The monoisotopic (exact) mass is 386 g/mol. The smallest absolute Gasteiger partial charge is 0.259 e. The van der Waals surface area contributed by atoms with Crippen LogP contribution < -0.4 is 4.74 Å². The maximum Gasteiger partial charge on any atom is 0.259 e. The Bertz CT molecular complexity index is 613. The number of hydrogen-bond donors (Lipinski definition) is 0. The van der Waals surface area contributed by atoms with E-state index in [-0.39, 0.29) is 5.91 Å². The molecule has 0 aromatic heterocycles. The van der Waals surface area contributed by atoms with E-state index in [0.717, 1.165) is 58.8 Å². The topological polar surface area (TPSA) is 42.0 Å². The van der Waals surface area contributed by atoms with Crippen LogP contribution in [0.15, 0.2) is 12.1 Å². The standard InChI is InChI=1S/C18H24Cl2N2O3/c1-24-17-15(20)3-2-14(19)16(17)18(23)22-6-4-13(5-7-22)12-21-8-10-25-11-9-21/h2-3,13H,4-12H2,1H3. The molecule has 0 saturated carbocycles. The number of hydrogen-bond acceptors (Lipinski definition) is 4. The van der Waals surface area contributed by atoms with Crippen molar-refractivity contribution in [1.29, 1.82) is 0 Å². The highest BCUT2D eigenvalue weighted by Gasteiger charge is 2.29. The van der Waals surface area contributed by atoms with Crippen LogP contribution in [0.25, 0.3) is 0 Å². The summed E-state index contributed by atoms with van der Waals surface area (Å²) < 4.78 is 10.7. The summed E-state index contributed by atoms with van der Waals surface area (Å²) in [6.45, 7) is 6.23. The number of ether oxygens (including phenoxy) is 2. The molecule has 7 heteroatoms. The molecule has 3 rings (SSSR count). The molecule has 25 heavy (non-hydrogen) atoms. The van der Waals surface area contributed by atoms with E-state index in [1.165, 1.54) is 7.11 Å². The highest BCUT2D eigenvalue weighted by molar-refractivity contribution is 6.37. The Labute approximate surface area is 158 Å². The summed E-state index contributed by atoms with van der Waals surface area (Å²) in [5, 5.41) is 0.777. The van der Waals surface area contributed by atoms with Crippen molar-refractivity contribution < 1.29 is 14.3 Å². The highest BCUT2D eigenvalue weighted by atomic mass is 35.5. The zero-order chi connectivity index (χ0) is 17.8. The summed E-state index contributed by atoms with van der Waals surface area (Å²) in [5.74, 6) is 0.877. The molecule has 0 atom stereocenters. The van der Waals surface area contributed by atoms with E-state index in [0.29, 0.717) is 27.3 Å². The first-order valence-corrected chi connectivity index (χ1v) is 9.47. The van der Waals surface area contributed by atoms with E-state index in [4.69, 9.17) is 32.7 Å². The molecule has 0 N–H and O–H groups in total. The van der Waals surface area contributed by atoms with Crippen molar-refractivity contribution in [1.82, 2.24) is 9.80 Å². The minimum atomic E-state index is -0.103. The molecule has 0 aliphatic carbocycles. The summed E-state index contributed by atoms with van der Waals surface area (Å²) in [6, 6.07) is 3.29. The molecule has 2 aliphatic rings. The number of halogens is 2. The predicted molar refractivity (Wildman–Crippen MR) is 98.9 cm³/mol. The first-order chi connectivity index (χ1) is 12.1. The Morgan fingerprint density at radius 3 is 2.44 bits per heavy atom. The van der Waals surface area contributed by atoms with Gasteiger partial charge in [0.2, 0.25) is 0 Å². The molecule has 5 nitrogen and oxygen atoms in total. The lowest BCUT2D eigenvalue weighted by Crippen LogP contribution is -2.44. The van der Waals surface area contributed by atoms with Gasteiger partial charge in [0.1, 0.15) is 5.56 Å². The number of carbonyl (C=O) groups excluding carboxylic acids is 1. The predicted octanol–water partition coefficient (Wildman–Crippen LogP) is 3.19. The SMILES string of the molecule is COc1c(Cl)ccc(Cl)c1C(=O)N1CCC(CN2CCOCC2)CC1. The van der Waals surface area contributed by atoms with E-state index in [9.17, 15) is 4.79 Å². The van der Waals surface area contributed by atoms with Crippen molar-refractivity contribution in [2.45, 2.75) is 12.8 Å². The molecule has 0 unspecified atom stereocenters. The van der Waals surface area contributed by atoms with Crippen molar-refractivity contribution in [3.63, 3.8) is 0 Å². The minimum Gasteiger partial charge on any atom is -0.494 e. The second-order valence-corrected chi connectivity index (χ2v) is 7.40. The molecular weight excluding hydrogens is 363 g/mol. The fourth-order valence-electron chi connectivity index (χ4n) is 3.56. The molecule has 0 radical (unpaired) electrons. The van der Waals surface area contributed by atoms with Gasteiger partial charge in [-0.3, -0.25) is 9.69 Å². The third-order valence-corrected chi connectivity index (χ3v) is 5.61. The van der Waals surface area contributed by atoms with Crippen LogP contribution in [0.4, 0.5) is 0 Å². The fourth-order valence-corrected chi connectivity index (χ4v) is 4.02. The molecule has 0 bridgehead atoms. The molecule has 1 aromatic carbocycles. The van der Waals surface area contributed by atoms with Crippen LogP contribution in [0.3, 0.4) is 0 Å². The van der Waals surface area contributed by atoms with Crippen LogP contribution in [-0.2, 0) is 4.74 Å². The summed E-state index contributed by atoms with van der Waals surface area (Å²) in [4.78, 5) is 17.2. The number of carbonyl (C=O) groups is 1. The van der Waals surface area contributed by atoms with E-state index < -0.39 is 0 Å². The first-order valence-electron chi connectivity index (χ1n) is 8.71. The van der Waals surface area contributed by atoms with Crippen molar-refractivity contribution >= 4 is 29.1 Å². The van der Waals surface area contributed by atoms with Crippen LogP contribution in [0, 0.1) is 5.92 Å². The van der Waals surface area contributed by atoms with Gasteiger partial charge < -0.3 is 14.4 Å². The zero-order valence-electron chi connectivity index (χ0n) is 14.5. The lowest BCUT2D eigenvalue weighted by Gasteiger charge is -2.36. The maximum atomic E-state index is 12.9. The van der Waals surface area contributed by atoms with Gasteiger partial charge in [0, 0.05) is 32.7 Å². The molecule has 1 amide bonds. The lowest BCUT2D eigenvalue weighted by molar-refractivity contribution is 0.0242. The van der Waals surface area contributed by atoms with Crippen molar-refractivity contribution in [2.75, 3.05) is 53.0 Å². The largest absolute Gasteiger partial charge is 0.494 e. The van der Waals surface area contributed by atoms with Crippen LogP contribution in [0.1, 0.15) is 23.2 Å². The third kappa shape index (κ3) is 4.40. The normalized spacial score (nSPS) is 19.9. The van der Waals surface area contributed by atoms with Crippen molar-refractivity contribution in [3.05, 3.63) is 27.7 Å². The third-order valence-electron chi connectivity index (χ3n) is 5.00. The number of likely N-dealkylation sites (tertiary alicyclic amines) is 1. The molecule has 0 spiro atoms. The van der Waals surface area contributed by atoms with Gasteiger partial charge in [-0.15, -0.1) is 0 Å². The average Bonchev–Trinajstić information content (AvgIpc) is 2.64. The van der Waals surface area contributed by atoms with Gasteiger partial charge in [-0.25, -0.2) is 0 Å². The van der Waals surface area contributed by atoms with Crippen molar-refractivity contribution in [2.24, 2.45) is 5.92 Å². The number of morpholine rings is 1. The molecular formula is C18H24Cl2N2O3. The molecule has 1 aromatic rings. The quantitative estimate of drug-likeness (QED) is 0.796. The average molecular weight is 387 g/mol. The fraction of sp³-hybridized carbons (Fsp3) is 0.611. The number of rotatable bonds is 4. The molecule has 2 saturated heterocycles. The van der Waals surface area contributed by atoms with Gasteiger partial charge in [0.25, 0.3) is 5.91 Å². The number of amides is 1. The van der Waals surface area contributed by atoms with Gasteiger partial charge in [-0.05, 0) is 30.9 Å². The van der Waals surface area contributed by atoms with Gasteiger partial charge in [0.15, 0.2) is 5.75 Å². The first kappa shape index (κ1) is 18.8. The number of nitrogens with zero attached hydrogens (tertiary/aromatic N) is 2. The molecule has 2 aliphatic heterocycles. The second kappa shape index (κ2) is 8.58. The van der Waals surface area contributed by atoms with Crippen LogP contribution >= 0.6 is 23.2 Å². The van der Waals surface area contributed by atoms with E-state index in [2.05, 4.69) is 4.90 Å². The van der Waals surface area contributed by atoms with Crippen LogP contribution in [-0.4, -0.2) is 68.8 Å². The summed E-state index contributed by atoms with van der Waals surface area (Å²) >= 11 is 12.4. The Morgan fingerprint density at radius 2 is 1.80 bits per heavy atom. The highest BCUT2D eigenvalue weighted by Crippen LogP contribution is 2.35. The van der Waals surface area contributed by atoms with Gasteiger partial charge >= 0.3 is 0 Å². The van der Waals surface area contributed by atoms with Gasteiger partial charge in [-0.2, -0.15) is 0 Å². The Balaban J connectivity index is 1.61. The summed E-state index contributed by atoms with van der Waals surface area (Å²) in [5.41, 5.74) is 0.364. The Morgan fingerprint density at radius 1 is 1.16 bits per heavy atom. The van der Waals surface area contributed by atoms with Gasteiger partial charge in [0.05, 0.1) is 30.4 Å². The number of methoxy groups -OCH3 is 1. The van der Waals surface area contributed by atoms with E-state index in [1.54, 1.807) is 12.1 Å². The Hall–Kier alpha value is -1.01.